The number of nitriles is 1. The molecule has 114 valence electrons. The number of aromatic nitrogens is 1. The van der Waals surface area contributed by atoms with Crippen molar-refractivity contribution in [1.82, 2.24) is 4.98 Å². The van der Waals surface area contributed by atoms with Crippen LogP contribution in [0.4, 0.5) is 5.82 Å². The molecule has 0 aliphatic carbocycles. The van der Waals surface area contributed by atoms with Crippen LogP contribution in [0.5, 0.6) is 11.5 Å². The zero-order valence-corrected chi connectivity index (χ0v) is 12.9. The Hall–Kier alpha value is -2.74. The van der Waals surface area contributed by atoms with Gasteiger partial charge in [-0.3, -0.25) is 0 Å². The second kappa shape index (κ2) is 5.57. The molecule has 0 atom stereocenters. The Labute approximate surface area is 129 Å². The summed E-state index contributed by atoms with van der Waals surface area (Å²) in [5.74, 6) is -0.282. The normalized spacial score (nSPS) is 11.2. The molecule has 0 radical (unpaired) electrons. The van der Waals surface area contributed by atoms with Crippen LogP contribution < -0.4 is 5.73 Å². The van der Waals surface area contributed by atoms with E-state index in [0.29, 0.717) is 11.1 Å². The van der Waals surface area contributed by atoms with Crippen molar-refractivity contribution in [2.45, 2.75) is 32.6 Å². The maximum atomic E-state index is 9.69. The molecule has 2 rings (SSSR count). The monoisotopic (exact) mass is 297 g/mol. The molecule has 0 unspecified atom stereocenters. The Kier molecular flexibility index (Phi) is 3.96. The van der Waals surface area contributed by atoms with Crippen LogP contribution >= 0.6 is 0 Å². The van der Waals surface area contributed by atoms with E-state index in [4.69, 9.17) is 5.73 Å². The van der Waals surface area contributed by atoms with E-state index in [1.807, 2.05) is 6.07 Å². The highest BCUT2D eigenvalue weighted by Crippen LogP contribution is 2.36. The molecule has 1 aromatic heterocycles. The van der Waals surface area contributed by atoms with Gasteiger partial charge in [-0.15, -0.1) is 0 Å². The highest BCUT2D eigenvalue weighted by molar-refractivity contribution is 5.77. The van der Waals surface area contributed by atoms with E-state index < -0.39 is 0 Å². The number of benzene rings is 1. The van der Waals surface area contributed by atoms with Gasteiger partial charge in [0.2, 0.25) is 0 Å². The molecule has 1 heterocycles. The molecular formula is C17H19N3O2. The van der Waals surface area contributed by atoms with Crippen LogP contribution in [0.15, 0.2) is 24.3 Å². The van der Waals surface area contributed by atoms with E-state index in [1.165, 1.54) is 12.1 Å². The maximum absolute atomic E-state index is 9.69. The number of anilines is 1. The number of phenols is 2. The Morgan fingerprint density at radius 1 is 1.23 bits per heavy atom. The zero-order valence-electron chi connectivity index (χ0n) is 12.9. The number of rotatable bonds is 3. The van der Waals surface area contributed by atoms with Crippen molar-refractivity contribution in [1.29, 1.82) is 5.26 Å². The van der Waals surface area contributed by atoms with Crippen LogP contribution in [0.1, 0.15) is 38.4 Å². The SMILES string of the molecule is CCC(C)(C)c1cc(-c2ccc(O)c(O)c2)c(C#N)c(N)n1. The summed E-state index contributed by atoms with van der Waals surface area (Å²) >= 11 is 0. The summed E-state index contributed by atoms with van der Waals surface area (Å²) < 4.78 is 0. The molecule has 0 aliphatic heterocycles. The van der Waals surface area contributed by atoms with E-state index in [1.54, 1.807) is 6.07 Å². The fourth-order valence-electron chi connectivity index (χ4n) is 2.13. The van der Waals surface area contributed by atoms with Gasteiger partial charge in [-0.25, -0.2) is 4.98 Å². The van der Waals surface area contributed by atoms with Gasteiger partial charge in [0.05, 0.1) is 0 Å². The minimum Gasteiger partial charge on any atom is -0.504 e. The third-order valence-electron chi connectivity index (χ3n) is 4.02. The van der Waals surface area contributed by atoms with Crippen molar-refractivity contribution < 1.29 is 10.2 Å². The molecule has 0 amide bonds. The van der Waals surface area contributed by atoms with E-state index in [9.17, 15) is 15.5 Å². The average Bonchev–Trinajstić information content (AvgIpc) is 2.49. The number of pyridine rings is 1. The molecule has 0 saturated carbocycles. The highest BCUT2D eigenvalue weighted by atomic mass is 16.3. The van der Waals surface area contributed by atoms with E-state index >= 15 is 0 Å². The molecule has 0 aliphatic rings. The third kappa shape index (κ3) is 2.68. The lowest BCUT2D eigenvalue weighted by Crippen LogP contribution is -2.19. The summed E-state index contributed by atoms with van der Waals surface area (Å²) in [6.07, 6.45) is 0.867. The number of nitrogens with two attached hydrogens (primary N) is 1. The predicted octanol–water partition coefficient (Wildman–Crippen LogP) is 3.30. The Morgan fingerprint density at radius 3 is 2.45 bits per heavy atom. The van der Waals surface area contributed by atoms with Crippen LogP contribution in [0.3, 0.4) is 0 Å². The summed E-state index contributed by atoms with van der Waals surface area (Å²) in [6.45, 7) is 6.17. The number of nitrogen functional groups attached to an aromatic ring is 1. The molecule has 0 spiro atoms. The summed E-state index contributed by atoms with van der Waals surface area (Å²) in [5, 5.41) is 28.5. The van der Waals surface area contributed by atoms with Gasteiger partial charge in [-0.2, -0.15) is 5.26 Å². The van der Waals surface area contributed by atoms with Gasteiger partial charge in [-0.1, -0.05) is 26.8 Å². The molecule has 0 saturated heterocycles. The Bertz CT molecular complexity index is 761. The zero-order chi connectivity index (χ0) is 16.5. The lowest BCUT2D eigenvalue weighted by Gasteiger charge is -2.23. The molecule has 22 heavy (non-hydrogen) atoms. The quantitative estimate of drug-likeness (QED) is 0.754. The maximum Gasteiger partial charge on any atom is 0.158 e. The standard InChI is InChI=1S/C17H19N3O2/c1-4-17(2,3)15-8-11(12(9-18)16(19)20-15)10-5-6-13(21)14(22)7-10/h5-8,21-22H,4H2,1-3H3,(H2,19,20). The van der Waals surface area contributed by atoms with Crippen LogP contribution in [-0.4, -0.2) is 15.2 Å². The van der Waals surface area contributed by atoms with Crippen LogP contribution in [0, 0.1) is 11.3 Å². The van der Waals surface area contributed by atoms with E-state index in [0.717, 1.165) is 12.1 Å². The second-order valence-electron chi connectivity index (χ2n) is 5.87. The largest absolute Gasteiger partial charge is 0.504 e. The summed E-state index contributed by atoms with van der Waals surface area (Å²) in [5.41, 5.74) is 8.01. The van der Waals surface area contributed by atoms with Gasteiger partial charge >= 0.3 is 0 Å². The molecule has 2 aromatic rings. The molecule has 1 aromatic carbocycles. The smallest absolute Gasteiger partial charge is 0.158 e. The van der Waals surface area contributed by atoms with Gasteiger partial charge in [0.25, 0.3) is 0 Å². The minimum atomic E-state index is -0.243. The van der Waals surface area contributed by atoms with Crippen LogP contribution in [-0.2, 0) is 5.41 Å². The predicted molar refractivity (Wildman–Crippen MR) is 85.4 cm³/mol. The van der Waals surface area contributed by atoms with Crippen molar-refractivity contribution in [2.75, 3.05) is 5.73 Å². The van der Waals surface area contributed by atoms with Gasteiger partial charge in [0.1, 0.15) is 17.5 Å². The van der Waals surface area contributed by atoms with Crippen molar-refractivity contribution in [3.05, 3.63) is 35.5 Å². The fraction of sp³-hybridized carbons (Fsp3) is 0.294. The molecule has 5 heteroatoms. The first-order valence-corrected chi connectivity index (χ1v) is 7.03. The number of aromatic hydroxyl groups is 2. The molecule has 4 N–H and O–H groups in total. The van der Waals surface area contributed by atoms with Crippen LogP contribution in [0.2, 0.25) is 0 Å². The van der Waals surface area contributed by atoms with Crippen molar-refractivity contribution >= 4 is 5.82 Å². The first kappa shape index (κ1) is 15.6. The van der Waals surface area contributed by atoms with E-state index in [2.05, 4.69) is 31.8 Å². The first-order valence-electron chi connectivity index (χ1n) is 7.03. The molecule has 0 fully saturated rings. The van der Waals surface area contributed by atoms with Crippen molar-refractivity contribution in [3.63, 3.8) is 0 Å². The fourth-order valence-corrected chi connectivity index (χ4v) is 2.13. The topological polar surface area (TPSA) is 103 Å². The number of phenolic OH excluding ortho intramolecular Hbond substituents is 2. The number of nitrogens with zero attached hydrogens (tertiary/aromatic N) is 2. The molecular weight excluding hydrogens is 278 g/mol. The summed E-state index contributed by atoms with van der Waals surface area (Å²) in [4.78, 5) is 4.36. The van der Waals surface area contributed by atoms with Gasteiger partial charge in [0, 0.05) is 16.7 Å². The van der Waals surface area contributed by atoms with Crippen molar-refractivity contribution in [2.24, 2.45) is 0 Å². The lowest BCUT2D eigenvalue weighted by molar-refractivity contribution is 0.404. The van der Waals surface area contributed by atoms with Gasteiger partial charge < -0.3 is 15.9 Å². The van der Waals surface area contributed by atoms with E-state index in [-0.39, 0.29) is 28.3 Å². The summed E-state index contributed by atoms with van der Waals surface area (Å²) in [7, 11) is 0. The highest BCUT2D eigenvalue weighted by Gasteiger charge is 2.23. The lowest BCUT2D eigenvalue weighted by atomic mass is 9.84. The third-order valence-corrected chi connectivity index (χ3v) is 4.02. The average molecular weight is 297 g/mol. The first-order chi connectivity index (χ1) is 10.3. The number of hydrogen-bond donors (Lipinski definition) is 3. The van der Waals surface area contributed by atoms with Gasteiger partial charge in [0.15, 0.2) is 11.5 Å². The molecule has 0 bridgehead atoms. The van der Waals surface area contributed by atoms with Crippen LogP contribution in [0.25, 0.3) is 11.1 Å². The minimum absolute atomic E-state index is 0.170. The Morgan fingerprint density at radius 2 is 1.91 bits per heavy atom. The number of hydrogen-bond acceptors (Lipinski definition) is 5. The Balaban J connectivity index is 2.73. The molecule has 5 nitrogen and oxygen atoms in total. The second-order valence-corrected chi connectivity index (χ2v) is 5.87. The van der Waals surface area contributed by atoms with Crippen molar-refractivity contribution in [3.8, 4) is 28.7 Å². The summed E-state index contributed by atoms with van der Waals surface area (Å²) in [6, 6.07) is 8.31. The van der Waals surface area contributed by atoms with Gasteiger partial charge in [-0.05, 0) is 30.2 Å².